The van der Waals surface area contributed by atoms with Crippen molar-refractivity contribution in [3.8, 4) is 5.75 Å². The van der Waals surface area contributed by atoms with Crippen LogP contribution in [0, 0.1) is 0 Å². The fourth-order valence-corrected chi connectivity index (χ4v) is 4.18. The maximum Gasteiger partial charge on any atom is 0.123 e. The molecule has 2 aromatic carbocycles. The van der Waals surface area contributed by atoms with Crippen LogP contribution in [0.4, 0.5) is 0 Å². The lowest BCUT2D eigenvalue weighted by Crippen LogP contribution is -2.43. The van der Waals surface area contributed by atoms with Gasteiger partial charge in [0.25, 0.3) is 0 Å². The zero-order valence-electron chi connectivity index (χ0n) is 13.3. The molecule has 0 atom stereocenters. The number of piperidine rings is 1. The number of para-hydroxylation sites is 1. The summed E-state index contributed by atoms with van der Waals surface area (Å²) in [7, 11) is 0. The second-order valence-electron chi connectivity index (χ2n) is 6.50. The molecular weight excluding hydrogens is 390 g/mol. The predicted octanol–water partition coefficient (Wildman–Crippen LogP) is 4.96. The first kappa shape index (κ1) is 16.4. The Morgan fingerprint density at radius 3 is 2.79 bits per heavy atom. The van der Waals surface area contributed by atoms with Gasteiger partial charge in [-0.2, -0.15) is 5.06 Å². The molecule has 1 fully saturated rings. The lowest BCUT2D eigenvalue weighted by Gasteiger charge is -2.37. The van der Waals surface area contributed by atoms with Crippen LogP contribution in [0.25, 0.3) is 0 Å². The van der Waals surface area contributed by atoms with Crippen molar-refractivity contribution in [3.63, 3.8) is 0 Å². The molecule has 0 bridgehead atoms. The summed E-state index contributed by atoms with van der Waals surface area (Å²) in [5.41, 5.74) is 2.52. The maximum atomic E-state index is 6.23. The van der Waals surface area contributed by atoms with Crippen molar-refractivity contribution in [1.29, 1.82) is 0 Å². The summed E-state index contributed by atoms with van der Waals surface area (Å²) in [6, 6.07) is 14.3. The molecule has 2 aliphatic rings. The van der Waals surface area contributed by atoms with Gasteiger partial charge in [-0.3, -0.25) is 4.84 Å². The standard InChI is InChI=1S/C19H19BrClNO2/c20-15-5-6-17(21)14(11-15)12-24-22-9-7-19(8-10-22)13-23-18-4-2-1-3-16(18)19/h1-6,11H,7-10,12-13H2. The monoisotopic (exact) mass is 407 g/mol. The highest BCUT2D eigenvalue weighted by atomic mass is 79.9. The number of fused-ring (bicyclic) bond motifs is 2. The summed E-state index contributed by atoms with van der Waals surface area (Å²) < 4.78 is 6.92. The summed E-state index contributed by atoms with van der Waals surface area (Å²) in [6.07, 6.45) is 2.10. The number of benzene rings is 2. The van der Waals surface area contributed by atoms with E-state index in [0.29, 0.717) is 6.61 Å². The molecule has 0 saturated carbocycles. The summed E-state index contributed by atoms with van der Waals surface area (Å²) in [4.78, 5) is 5.98. The summed E-state index contributed by atoms with van der Waals surface area (Å²) in [5, 5.41) is 2.80. The van der Waals surface area contributed by atoms with Crippen LogP contribution in [0.1, 0.15) is 24.0 Å². The molecule has 126 valence electrons. The van der Waals surface area contributed by atoms with Crippen LogP contribution in [0.5, 0.6) is 5.75 Å². The Morgan fingerprint density at radius 1 is 1.17 bits per heavy atom. The zero-order valence-corrected chi connectivity index (χ0v) is 15.6. The maximum absolute atomic E-state index is 6.23. The minimum absolute atomic E-state index is 0.157. The summed E-state index contributed by atoms with van der Waals surface area (Å²) in [6.45, 7) is 3.10. The van der Waals surface area contributed by atoms with E-state index in [9.17, 15) is 0 Å². The third kappa shape index (κ3) is 3.08. The average Bonchev–Trinajstić information content (AvgIpc) is 2.96. The third-order valence-corrected chi connectivity index (χ3v) is 5.91. The number of hydroxylamine groups is 2. The molecule has 1 spiro atoms. The number of halogens is 2. The van der Waals surface area contributed by atoms with Crippen molar-refractivity contribution in [1.82, 2.24) is 5.06 Å². The Bertz CT molecular complexity index is 744. The van der Waals surface area contributed by atoms with Crippen molar-refractivity contribution < 1.29 is 9.57 Å². The van der Waals surface area contributed by atoms with Crippen molar-refractivity contribution in [3.05, 3.63) is 63.1 Å². The van der Waals surface area contributed by atoms with Gasteiger partial charge in [0.05, 0.1) is 13.2 Å². The summed E-state index contributed by atoms with van der Waals surface area (Å²) in [5.74, 6) is 1.05. The molecule has 0 amide bonds. The number of hydrogen-bond acceptors (Lipinski definition) is 3. The molecule has 2 aliphatic heterocycles. The summed E-state index contributed by atoms with van der Waals surface area (Å²) >= 11 is 9.71. The Hall–Kier alpha value is -1.07. The van der Waals surface area contributed by atoms with Gasteiger partial charge >= 0.3 is 0 Å². The SMILES string of the molecule is Clc1ccc(Br)cc1CON1CCC2(CC1)COc1ccccc12. The minimum Gasteiger partial charge on any atom is -0.492 e. The molecule has 0 aliphatic carbocycles. The van der Waals surface area contributed by atoms with Gasteiger partial charge in [-0.25, -0.2) is 0 Å². The Labute approximate surface area is 155 Å². The number of nitrogens with zero attached hydrogens (tertiary/aromatic N) is 1. The van der Waals surface area contributed by atoms with Crippen molar-refractivity contribution in [2.75, 3.05) is 19.7 Å². The van der Waals surface area contributed by atoms with E-state index < -0.39 is 0 Å². The van der Waals surface area contributed by atoms with E-state index in [2.05, 4.69) is 39.2 Å². The van der Waals surface area contributed by atoms with Gasteiger partial charge in [0, 0.05) is 33.6 Å². The molecule has 1 saturated heterocycles. The minimum atomic E-state index is 0.157. The van der Waals surface area contributed by atoms with E-state index >= 15 is 0 Å². The largest absolute Gasteiger partial charge is 0.492 e. The third-order valence-electron chi connectivity index (χ3n) is 5.05. The van der Waals surface area contributed by atoms with Crippen LogP contribution in [0.15, 0.2) is 46.9 Å². The molecular formula is C19H19BrClNO2. The Balaban J connectivity index is 1.38. The van der Waals surface area contributed by atoms with E-state index in [4.69, 9.17) is 21.2 Å². The second-order valence-corrected chi connectivity index (χ2v) is 7.83. The first-order chi connectivity index (χ1) is 11.7. The second kappa shape index (κ2) is 6.68. The topological polar surface area (TPSA) is 21.7 Å². The van der Waals surface area contributed by atoms with E-state index in [1.165, 1.54) is 5.56 Å². The highest BCUT2D eigenvalue weighted by molar-refractivity contribution is 9.10. The molecule has 0 unspecified atom stereocenters. The highest BCUT2D eigenvalue weighted by Gasteiger charge is 2.43. The van der Waals surface area contributed by atoms with Crippen molar-refractivity contribution in [2.45, 2.75) is 24.9 Å². The van der Waals surface area contributed by atoms with E-state index in [1.54, 1.807) is 0 Å². The van der Waals surface area contributed by atoms with Gasteiger partial charge in [-0.1, -0.05) is 45.7 Å². The first-order valence-electron chi connectivity index (χ1n) is 8.20. The molecule has 4 rings (SSSR count). The van der Waals surface area contributed by atoms with E-state index in [-0.39, 0.29) is 5.41 Å². The van der Waals surface area contributed by atoms with Gasteiger partial charge in [-0.15, -0.1) is 0 Å². The quantitative estimate of drug-likeness (QED) is 0.716. The van der Waals surface area contributed by atoms with E-state index in [0.717, 1.165) is 53.3 Å². The molecule has 24 heavy (non-hydrogen) atoms. The molecule has 2 aromatic rings. The molecule has 0 radical (unpaired) electrons. The van der Waals surface area contributed by atoms with Gasteiger partial charge in [-0.05, 0) is 42.7 Å². The van der Waals surface area contributed by atoms with Gasteiger partial charge in [0.2, 0.25) is 0 Å². The van der Waals surface area contributed by atoms with Gasteiger partial charge in [0.1, 0.15) is 5.75 Å². The molecule has 3 nitrogen and oxygen atoms in total. The van der Waals surface area contributed by atoms with Crippen LogP contribution in [-0.2, 0) is 16.9 Å². The van der Waals surface area contributed by atoms with Gasteiger partial charge in [0.15, 0.2) is 0 Å². The van der Waals surface area contributed by atoms with Crippen LogP contribution in [-0.4, -0.2) is 24.8 Å². The normalized spacial score (nSPS) is 19.2. The molecule has 0 N–H and O–H groups in total. The van der Waals surface area contributed by atoms with Crippen LogP contribution in [0.3, 0.4) is 0 Å². The fourth-order valence-electron chi connectivity index (χ4n) is 3.60. The Kier molecular flexibility index (Phi) is 4.56. The lowest BCUT2D eigenvalue weighted by molar-refractivity contribution is -0.186. The zero-order chi connectivity index (χ0) is 16.6. The van der Waals surface area contributed by atoms with Crippen LogP contribution >= 0.6 is 27.5 Å². The van der Waals surface area contributed by atoms with E-state index in [1.807, 2.05) is 24.3 Å². The number of rotatable bonds is 3. The average molecular weight is 409 g/mol. The fraction of sp³-hybridized carbons (Fsp3) is 0.368. The van der Waals surface area contributed by atoms with Crippen molar-refractivity contribution >= 4 is 27.5 Å². The number of hydrogen-bond donors (Lipinski definition) is 0. The predicted molar refractivity (Wildman–Crippen MR) is 98.4 cm³/mol. The van der Waals surface area contributed by atoms with Gasteiger partial charge < -0.3 is 4.74 Å². The molecule has 2 heterocycles. The smallest absolute Gasteiger partial charge is 0.123 e. The first-order valence-corrected chi connectivity index (χ1v) is 9.38. The van der Waals surface area contributed by atoms with Crippen LogP contribution < -0.4 is 4.74 Å². The lowest BCUT2D eigenvalue weighted by atomic mass is 9.75. The van der Waals surface area contributed by atoms with Crippen molar-refractivity contribution in [2.24, 2.45) is 0 Å². The number of ether oxygens (including phenoxy) is 1. The molecule has 5 heteroatoms. The van der Waals surface area contributed by atoms with Crippen LogP contribution in [0.2, 0.25) is 5.02 Å². The Morgan fingerprint density at radius 2 is 1.96 bits per heavy atom. The highest BCUT2D eigenvalue weighted by Crippen LogP contribution is 2.45. The molecule has 0 aromatic heterocycles.